The van der Waals surface area contributed by atoms with E-state index in [0.29, 0.717) is 32.2 Å². The Morgan fingerprint density at radius 2 is 1.53 bits per heavy atom. The van der Waals surface area contributed by atoms with Crippen LogP contribution in [0.4, 0.5) is 0 Å². The summed E-state index contributed by atoms with van der Waals surface area (Å²) in [5, 5.41) is 24.4. The average molecular weight is 505 g/mol. The van der Waals surface area contributed by atoms with Crippen LogP contribution in [0.15, 0.2) is 24.3 Å². The molecule has 1 aliphatic rings. The Morgan fingerprint density at radius 3 is 2.08 bits per heavy atom. The molecule has 1 saturated heterocycles. The highest BCUT2D eigenvalue weighted by Crippen LogP contribution is 2.21. The Morgan fingerprint density at radius 1 is 0.972 bits per heavy atom. The molecule has 10 heteroatoms. The van der Waals surface area contributed by atoms with E-state index >= 15 is 0 Å². The fraction of sp³-hybridized carbons (Fsp3) is 0.615. The number of aliphatic carboxylic acids is 1. The van der Waals surface area contributed by atoms with Crippen LogP contribution in [0.1, 0.15) is 58.9 Å². The van der Waals surface area contributed by atoms with Crippen LogP contribution in [0.3, 0.4) is 0 Å². The monoisotopic (exact) mass is 504 g/mol. The lowest BCUT2D eigenvalue weighted by molar-refractivity contribution is -0.149. The molecule has 36 heavy (non-hydrogen) atoms. The van der Waals surface area contributed by atoms with E-state index in [9.17, 15) is 29.4 Å². The van der Waals surface area contributed by atoms with Gasteiger partial charge in [-0.3, -0.25) is 14.4 Å². The van der Waals surface area contributed by atoms with Gasteiger partial charge in [0.05, 0.1) is 6.04 Å². The number of aromatic hydroxyl groups is 1. The van der Waals surface area contributed by atoms with Crippen LogP contribution in [-0.2, 0) is 25.6 Å². The van der Waals surface area contributed by atoms with E-state index in [-0.39, 0.29) is 24.0 Å². The molecule has 0 aromatic heterocycles. The van der Waals surface area contributed by atoms with Crippen LogP contribution in [0.2, 0.25) is 0 Å². The van der Waals surface area contributed by atoms with Crippen LogP contribution in [0, 0.1) is 11.8 Å². The van der Waals surface area contributed by atoms with Gasteiger partial charge in [0, 0.05) is 6.54 Å². The highest BCUT2D eigenvalue weighted by atomic mass is 16.4. The SMILES string of the molecule is CC(C)CC(NC(=O)C(N)Cc1ccc(O)cc1)C(=O)NC(CC(C)C)C(=O)N1CCCC1C(=O)O. The minimum atomic E-state index is -1.05. The number of nitrogens with two attached hydrogens (primary N) is 1. The Kier molecular flexibility index (Phi) is 10.7. The van der Waals surface area contributed by atoms with E-state index in [1.54, 1.807) is 12.1 Å². The van der Waals surface area contributed by atoms with Crippen molar-refractivity contribution >= 4 is 23.7 Å². The summed E-state index contributed by atoms with van der Waals surface area (Å²) in [5.41, 5.74) is 6.85. The lowest BCUT2D eigenvalue weighted by Crippen LogP contribution is -2.57. The molecule has 10 nitrogen and oxygen atoms in total. The molecule has 0 bridgehead atoms. The van der Waals surface area contributed by atoms with Crippen molar-refractivity contribution < 1.29 is 29.4 Å². The minimum absolute atomic E-state index is 0.0713. The second-order valence-electron chi connectivity index (χ2n) is 10.4. The normalized spacial score (nSPS) is 18.1. The molecule has 0 spiro atoms. The number of likely N-dealkylation sites (tertiary alicyclic amines) is 1. The summed E-state index contributed by atoms with van der Waals surface area (Å²) in [5.74, 6) is -2.21. The molecule has 1 aromatic carbocycles. The number of rotatable bonds is 12. The van der Waals surface area contributed by atoms with Gasteiger partial charge in [-0.05, 0) is 61.6 Å². The van der Waals surface area contributed by atoms with Crippen molar-refractivity contribution in [1.29, 1.82) is 0 Å². The zero-order chi connectivity index (χ0) is 27.0. The van der Waals surface area contributed by atoms with Crippen LogP contribution >= 0.6 is 0 Å². The smallest absolute Gasteiger partial charge is 0.326 e. The number of phenols is 1. The van der Waals surface area contributed by atoms with Gasteiger partial charge >= 0.3 is 5.97 Å². The lowest BCUT2D eigenvalue weighted by Gasteiger charge is -2.30. The molecule has 200 valence electrons. The van der Waals surface area contributed by atoms with Crippen LogP contribution in [0.25, 0.3) is 0 Å². The van der Waals surface area contributed by atoms with Gasteiger partial charge in [0.15, 0.2) is 0 Å². The van der Waals surface area contributed by atoms with Crippen molar-refractivity contribution in [2.24, 2.45) is 17.6 Å². The van der Waals surface area contributed by atoms with Gasteiger partial charge in [0.2, 0.25) is 17.7 Å². The second-order valence-corrected chi connectivity index (χ2v) is 10.4. The van der Waals surface area contributed by atoms with Gasteiger partial charge in [-0.1, -0.05) is 39.8 Å². The first-order valence-electron chi connectivity index (χ1n) is 12.6. The summed E-state index contributed by atoms with van der Waals surface area (Å²) in [6.45, 7) is 8.00. The molecule has 1 fully saturated rings. The number of nitrogens with one attached hydrogen (secondary N) is 2. The zero-order valence-corrected chi connectivity index (χ0v) is 21.6. The van der Waals surface area contributed by atoms with E-state index in [0.717, 1.165) is 5.56 Å². The largest absolute Gasteiger partial charge is 0.508 e. The first kappa shape index (κ1) is 29.1. The van der Waals surface area contributed by atoms with E-state index < -0.39 is 47.9 Å². The summed E-state index contributed by atoms with van der Waals surface area (Å²) in [6.07, 6.45) is 1.89. The molecule has 1 aromatic rings. The van der Waals surface area contributed by atoms with Gasteiger partial charge in [0.25, 0.3) is 0 Å². The second kappa shape index (κ2) is 13.2. The topological polar surface area (TPSA) is 162 Å². The van der Waals surface area contributed by atoms with Gasteiger partial charge in [0.1, 0.15) is 23.9 Å². The summed E-state index contributed by atoms with van der Waals surface area (Å²) in [4.78, 5) is 52.3. The van der Waals surface area contributed by atoms with E-state index in [4.69, 9.17) is 5.73 Å². The van der Waals surface area contributed by atoms with Crippen molar-refractivity contribution in [2.75, 3.05) is 6.54 Å². The fourth-order valence-corrected chi connectivity index (χ4v) is 4.41. The fourth-order valence-electron chi connectivity index (χ4n) is 4.41. The van der Waals surface area contributed by atoms with E-state index in [2.05, 4.69) is 10.6 Å². The first-order chi connectivity index (χ1) is 16.9. The third-order valence-corrected chi connectivity index (χ3v) is 6.21. The van der Waals surface area contributed by atoms with Crippen molar-refractivity contribution in [3.8, 4) is 5.75 Å². The van der Waals surface area contributed by atoms with E-state index in [1.165, 1.54) is 17.0 Å². The average Bonchev–Trinajstić information content (AvgIpc) is 3.28. The molecule has 1 aliphatic heterocycles. The summed E-state index contributed by atoms with van der Waals surface area (Å²) >= 11 is 0. The van der Waals surface area contributed by atoms with Crippen LogP contribution in [0.5, 0.6) is 5.75 Å². The maximum absolute atomic E-state index is 13.3. The van der Waals surface area contributed by atoms with Gasteiger partial charge in [-0.15, -0.1) is 0 Å². The number of carbonyl (C=O) groups excluding carboxylic acids is 3. The number of carbonyl (C=O) groups is 4. The zero-order valence-electron chi connectivity index (χ0n) is 21.6. The van der Waals surface area contributed by atoms with Gasteiger partial charge < -0.3 is 31.5 Å². The van der Waals surface area contributed by atoms with Crippen molar-refractivity contribution in [3.63, 3.8) is 0 Å². The number of nitrogens with zero attached hydrogens (tertiary/aromatic N) is 1. The van der Waals surface area contributed by atoms with Crippen molar-refractivity contribution in [3.05, 3.63) is 29.8 Å². The third kappa shape index (κ3) is 8.51. The molecule has 2 rings (SSSR count). The van der Waals surface area contributed by atoms with Crippen molar-refractivity contribution in [1.82, 2.24) is 15.5 Å². The number of hydrogen-bond acceptors (Lipinski definition) is 6. The van der Waals surface area contributed by atoms with Crippen LogP contribution in [-0.4, -0.2) is 69.5 Å². The van der Waals surface area contributed by atoms with Crippen LogP contribution < -0.4 is 16.4 Å². The molecular weight excluding hydrogens is 464 g/mol. The molecule has 0 radical (unpaired) electrons. The molecular formula is C26H40N4O6. The predicted molar refractivity (Wildman–Crippen MR) is 135 cm³/mol. The minimum Gasteiger partial charge on any atom is -0.508 e. The molecule has 6 N–H and O–H groups in total. The maximum Gasteiger partial charge on any atom is 0.326 e. The Labute approximate surface area is 212 Å². The highest BCUT2D eigenvalue weighted by molar-refractivity contribution is 5.94. The summed E-state index contributed by atoms with van der Waals surface area (Å²) in [6, 6.07) is 2.76. The number of hydrogen-bond donors (Lipinski definition) is 5. The maximum atomic E-state index is 13.3. The van der Waals surface area contributed by atoms with E-state index in [1.807, 2.05) is 27.7 Å². The molecule has 0 aliphatic carbocycles. The molecule has 4 atom stereocenters. The summed E-state index contributed by atoms with van der Waals surface area (Å²) in [7, 11) is 0. The summed E-state index contributed by atoms with van der Waals surface area (Å²) < 4.78 is 0. The number of phenolic OH excluding ortho intramolecular Hbond substituents is 1. The Bertz CT molecular complexity index is 918. The molecule has 0 saturated carbocycles. The standard InChI is InChI=1S/C26H40N4O6/c1-15(2)12-20(28-23(32)19(27)14-17-7-9-18(31)10-8-17)24(33)29-21(13-16(3)4)25(34)30-11-5-6-22(30)26(35)36/h7-10,15-16,19-22,31H,5-6,11-14,27H2,1-4H3,(H,28,32)(H,29,33)(H,35,36). The highest BCUT2D eigenvalue weighted by Gasteiger charge is 2.38. The molecule has 3 amide bonds. The Hall–Kier alpha value is -3.14. The number of benzene rings is 1. The van der Waals surface area contributed by atoms with Crippen molar-refractivity contribution in [2.45, 2.75) is 84.0 Å². The number of carboxylic acid groups (broad SMARTS) is 1. The molecule has 1 heterocycles. The number of amides is 3. The molecule has 4 unspecified atom stereocenters. The van der Waals surface area contributed by atoms with Gasteiger partial charge in [-0.25, -0.2) is 4.79 Å². The lowest BCUT2D eigenvalue weighted by atomic mass is 9.99. The first-order valence-corrected chi connectivity index (χ1v) is 12.6. The third-order valence-electron chi connectivity index (χ3n) is 6.21. The number of carboxylic acids is 1. The quantitative estimate of drug-likeness (QED) is 0.287. The predicted octanol–water partition coefficient (Wildman–Crippen LogP) is 1.40. The van der Waals surface area contributed by atoms with Gasteiger partial charge in [-0.2, -0.15) is 0 Å². The Balaban J connectivity index is 2.12.